The quantitative estimate of drug-likeness (QED) is 0.790. The fourth-order valence-electron chi connectivity index (χ4n) is 1.34. The molecule has 0 fully saturated rings. The van der Waals surface area contributed by atoms with E-state index in [4.69, 9.17) is 28.9 Å². The Kier molecular flexibility index (Phi) is 4.00. The molecule has 0 saturated carbocycles. The third kappa shape index (κ3) is 2.88. The van der Waals surface area contributed by atoms with Crippen LogP contribution in [-0.2, 0) is 0 Å². The zero-order chi connectivity index (χ0) is 13.3. The zero-order valence-corrected chi connectivity index (χ0v) is 11.2. The van der Waals surface area contributed by atoms with Crippen molar-refractivity contribution in [3.63, 3.8) is 0 Å². The lowest BCUT2D eigenvalue weighted by Crippen LogP contribution is -1.88. The van der Waals surface area contributed by atoms with Crippen LogP contribution in [0.2, 0.25) is 10.0 Å². The minimum Gasteiger partial charge on any atom is -0.399 e. The van der Waals surface area contributed by atoms with Crippen LogP contribution < -0.4 is 5.73 Å². The Labute approximate surface area is 117 Å². The van der Waals surface area contributed by atoms with Gasteiger partial charge in [0.05, 0.1) is 10.0 Å². The van der Waals surface area contributed by atoms with Crippen molar-refractivity contribution < 1.29 is 8.78 Å². The third-order valence-electron chi connectivity index (χ3n) is 2.13. The van der Waals surface area contributed by atoms with E-state index in [9.17, 15) is 8.78 Å². The highest BCUT2D eigenvalue weighted by molar-refractivity contribution is 7.99. The number of nitrogen functional groups attached to an aromatic ring is 1. The Bertz CT molecular complexity index is 582. The lowest BCUT2D eigenvalue weighted by atomic mass is 10.3. The third-order valence-corrected chi connectivity index (χ3v) is 4.14. The largest absolute Gasteiger partial charge is 0.399 e. The summed E-state index contributed by atoms with van der Waals surface area (Å²) in [5.41, 5.74) is 5.99. The van der Waals surface area contributed by atoms with E-state index in [0.717, 1.165) is 17.8 Å². The van der Waals surface area contributed by atoms with Gasteiger partial charge in [0.15, 0.2) is 0 Å². The molecule has 0 heterocycles. The number of hydrogen-bond acceptors (Lipinski definition) is 2. The highest BCUT2D eigenvalue weighted by Crippen LogP contribution is 2.40. The fraction of sp³-hybridized carbons (Fsp3) is 0. The van der Waals surface area contributed by atoms with Crippen molar-refractivity contribution in [2.24, 2.45) is 0 Å². The molecule has 0 bridgehead atoms. The topological polar surface area (TPSA) is 26.0 Å². The van der Waals surface area contributed by atoms with Gasteiger partial charge >= 0.3 is 0 Å². The summed E-state index contributed by atoms with van der Waals surface area (Å²) in [6.45, 7) is 0. The van der Waals surface area contributed by atoms with Crippen molar-refractivity contribution in [1.29, 1.82) is 0 Å². The molecule has 2 aromatic carbocycles. The van der Waals surface area contributed by atoms with E-state index < -0.39 is 11.6 Å². The normalized spacial score (nSPS) is 10.7. The van der Waals surface area contributed by atoms with E-state index in [-0.39, 0.29) is 4.90 Å². The molecule has 2 aromatic rings. The second kappa shape index (κ2) is 5.34. The number of benzene rings is 2. The molecule has 2 rings (SSSR count). The Hall–Kier alpha value is -0.970. The first-order chi connectivity index (χ1) is 8.47. The van der Waals surface area contributed by atoms with E-state index in [1.165, 1.54) is 24.3 Å². The summed E-state index contributed by atoms with van der Waals surface area (Å²) in [4.78, 5) is 0.725. The minimum atomic E-state index is -0.663. The van der Waals surface area contributed by atoms with Crippen LogP contribution in [0.3, 0.4) is 0 Å². The number of anilines is 1. The molecule has 0 saturated heterocycles. The van der Waals surface area contributed by atoms with Crippen LogP contribution in [0.5, 0.6) is 0 Å². The SMILES string of the molecule is Nc1cc(Cl)c(Sc2ccc(F)cc2F)c(Cl)c1. The maximum Gasteiger partial charge on any atom is 0.140 e. The predicted octanol–water partition coefficient (Wildman–Crippen LogP) is 5.01. The summed E-state index contributed by atoms with van der Waals surface area (Å²) in [5.74, 6) is -1.30. The molecule has 6 heteroatoms. The van der Waals surface area contributed by atoms with E-state index in [2.05, 4.69) is 0 Å². The molecule has 0 amide bonds. The van der Waals surface area contributed by atoms with Crippen LogP contribution in [0.15, 0.2) is 40.1 Å². The van der Waals surface area contributed by atoms with Gasteiger partial charge in [0, 0.05) is 21.5 Å². The smallest absolute Gasteiger partial charge is 0.140 e. The number of nitrogens with two attached hydrogens (primary N) is 1. The molecule has 1 nitrogen and oxygen atoms in total. The van der Waals surface area contributed by atoms with Gasteiger partial charge in [0.25, 0.3) is 0 Å². The van der Waals surface area contributed by atoms with Crippen LogP contribution in [0.4, 0.5) is 14.5 Å². The van der Waals surface area contributed by atoms with Gasteiger partial charge in [-0.05, 0) is 24.3 Å². The van der Waals surface area contributed by atoms with Crippen molar-refractivity contribution >= 4 is 40.7 Å². The van der Waals surface area contributed by atoms with Crippen molar-refractivity contribution in [2.75, 3.05) is 5.73 Å². The Morgan fingerprint density at radius 1 is 1.00 bits per heavy atom. The molecule has 0 aliphatic carbocycles. The van der Waals surface area contributed by atoms with E-state index in [1.54, 1.807) is 0 Å². The summed E-state index contributed by atoms with van der Waals surface area (Å²) in [5, 5.41) is 0.655. The molecule has 18 heavy (non-hydrogen) atoms. The zero-order valence-electron chi connectivity index (χ0n) is 8.88. The van der Waals surface area contributed by atoms with Crippen LogP contribution >= 0.6 is 35.0 Å². The average molecular weight is 306 g/mol. The van der Waals surface area contributed by atoms with Crippen LogP contribution in [0.1, 0.15) is 0 Å². The summed E-state index contributed by atoms with van der Waals surface area (Å²) in [6, 6.07) is 6.36. The molecule has 0 aliphatic rings. The summed E-state index contributed by atoms with van der Waals surface area (Å²) < 4.78 is 26.3. The lowest BCUT2D eigenvalue weighted by Gasteiger charge is -2.08. The van der Waals surface area contributed by atoms with Crippen molar-refractivity contribution in [3.8, 4) is 0 Å². The molecular weight excluding hydrogens is 299 g/mol. The minimum absolute atomic E-state index is 0.241. The van der Waals surface area contributed by atoms with Gasteiger partial charge in [0.2, 0.25) is 0 Å². The van der Waals surface area contributed by atoms with E-state index >= 15 is 0 Å². The second-order valence-electron chi connectivity index (χ2n) is 3.49. The van der Waals surface area contributed by atoms with Crippen molar-refractivity contribution in [2.45, 2.75) is 9.79 Å². The predicted molar refractivity (Wildman–Crippen MR) is 71.4 cm³/mol. The first kappa shape index (κ1) is 13.5. The molecule has 0 spiro atoms. The Morgan fingerprint density at radius 2 is 1.61 bits per heavy atom. The van der Waals surface area contributed by atoms with Crippen molar-refractivity contribution in [3.05, 3.63) is 52.0 Å². The molecule has 0 atom stereocenters. The summed E-state index contributed by atoms with van der Waals surface area (Å²) in [7, 11) is 0. The Morgan fingerprint density at radius 3 is 2.17 bits per heavy atom. The van der Waals surface area contributed by atoms with Crippen molar-refractivity contribution in [1.82, 2.24) is 0 Å². The van der Waals surface area contributed by atoms with Gasteiger partial charge in [-0.2, -0.15) is 0 Å². The van der Waals surface area contributed by atoms with Gasteiger partial charge in [0.1, 0.15) is 11.6 Å². The number of halogens is 4. The molecule has 0 radical (unpaired) electrons. The summed E-state index contributed by atoms with van der Waals surface area (Å²) in [6.07, 6.45) is 0. The maximum atomic E-state index is 13.5. The van der Waals surface area contributed by atoms with Gasteiger partial charge in [-0.1, -0.05) is 35.0 Å². The maximum absolute atomic E-state index is 13.5. The highest BCUT2D eigenvalue weighted by Gasteiger charge is 2.12. The first-order valence-corrected chi connectivity index (χ1v) is 6.42. The molecule has 0 aromatic heterocycles. The van der Waals surface area contributed by atoms with Crippen LogP contribution in [0.25, 0.3) is 0 Å². The molecule has 94 valence electrons. The van der Waals surface area contributed by atoms with Gasteiger partial charge in [-0.3, -0.25) is 0 Å². The highest BCUT2D eigenvalue weighted by atomic mass is 35.5. The van der Waals surface area contributed by atoms with E-state index in [1.807, 2.05) is 0 Å². The monoisotopic (exact) mass is 305 g/mol. The van der Waals surface area contributed by atoms with Gasteiger partial charge < -0.3 is 5.73 Å². The van der Waals surface area contributed by atoms with Crippen LogP contribution in [-0.4, -0.2) is 0 Å². The lowest BCUT2D eigenvalue weighted by molar-refractivity contribution is 0.565. The number of rotatable bonds is 2. The molecule has 2 N–H and O–H groups in total. The standard InChI is InChI=1S/C12H7Cl2F2NS/c13-8-4-7(17)5-9(14)12(8)18-11-2-1-6(15)3-10(11)16/h1-5H,17H2. The van der Waals surface area contributed by atoms with Gasteiger partial charge in [-0.15, -0.1) is 0 Å². The molecular formula is C12H7Cl2F2NS. The fourth-order valence-corrected chi connectivity index (χ4v) is 2.91. The molecule has 0 aliphatic heterocycles. The molecule has 0 unspecified atom stereocenters. The number of hydrogen-bond donors (Lipinski definition) is 1. The second-order valence-corrected chi connectivity index (χ2v) is 5.36. The summed E-state index contributed by atoms with van der Waals surface area (Å²) >= 11 is 13.0. The average Bonchev–Trinajstić information content (AvgIpc) is 2.25. The van der Waals surface area contributed by atoms with Crippen LogP contribution in [0, 0.1) is 11.6 Å². The van der Waals surface area contributed by atoms with Gasteiger partial charge in [-0.25, -0.2) is 8.78 Å². The Balaban J connectivity index is 2.40. The first-order valence-electron chi connectivity index (χ1n) is 4.85. The van der Waals surface area contributed by atoms with E-state index in [0.29, 0.717) is 20.6 Å².